The summed E-state index contributed by atoms with van der Waals surface area (Å²) in [4.78, 5) is 14.0. The van der Waals surface area contributed by atoms with Gasteiger partial charge in [-0.05, 0) is 98.7 Å². The summed E-state index contributed by atoms with van der Waals surface area (Å²) in [5.74, 6) is -3.02. The van der Waals surface area contributed by atoms with Crippen LogP contribution >= 0.6 is 24.0 Å². The molecule has 46 heavy (non-hydrogen) atoms. The molecule has 1 heterocycles. The van der Waals surface area contributed by atoms with Gasteiger partial charge in [-0.2, -0.15) is 13.2 Å². The first-order valence-electron chi connectivity index (χ1n) is 16.5. The van der Waals surface area contributed by atoms with E-state index in [4.69, 9.17) is 16.3 Å². The van der Waals surface area contributed by atoms with Crippen LogP contribution in [0.4, 0.5) is 22.0 Å². The quantitative estimate of drug-likeness (QED) is 0.306. The standard InChI is InChI=1S/C35H43ClF5NO3.ClH/c36-30-17-25(35(39,40)41)18-32(33(30)38)45-27-15-22-9-7-5-3-1-2-4-6-8-14-42(26(19-27)13-10-22)21-24-16-31(37)29(34(43)44)20-28(24)23-11-12-23;/h16-18,20,22-23,26-27H,1-15,19,21H2,(H,43,44);1H/t22-,26+,27+;/m0./s1. The normalized spacial score (nSPS) is 23.9. The zero-order valence-electron chi connectivity index (χ0n) is 26.0. The summed E-state index contributed by atoms with van der Waals surface area (Å²) in [5, 5.41) is 8.92. The number of carbonyl (C=O) groups is 1. The summed E-state index contributed by atoms with van der Waals surface area (Å²) in [6, 6.07) is 4.13. The molecular weight excluding hydrogens is 648 g/mol. The topological polar surface area (TPSA) is 49.8 Å². The second kappa shape index (κ2) is 16.3. The Morgan fingerprint density at radius 2 is 1.57 bits per heavy atom. The van der Waals surface area contributed by atoms with Crippen LogP contribution in [-0.4, -0.2) is 34.7 Å². The summed E-state index contributed by atoms with van der Waals surface area (Å²) >= 11 is 5.89. The number of aromatic carboxylic acids is 1. The van der Waals surface area contributed by atoms with Crippen LogP contribution in [0.25, 0.3) is 0 Å². The smallest absolute Gasteiger partial charge is 0.416 e. The van der Waals surface area contributed by atoms with Crippen LogP contribution in [0.5, 0.6) is 5.75 Å². The molecular formula is C35H44Cl2F5NO3. The molecule has 1 saturated heterocycles. The van der Waals surface area contributed by atoms with Gasteiger partial charge in [0.25, 0.3) is 0 Å². The van der Waals surface area contributed by atoms with Crippen molar-refractivity contribution in [3.8, 4) is 5.75 Å². The Hall–Kier alpha value is -2.10. The highest BCUT2D eigenvalue weighted by atomic mass is 35.5. The molecule has 3 fully saturated rings. The highest BCUT2D eigenvalue weighted by molar-refractivity contribution is 6.31. The number of carboxylic acids is 1. The van der Waals surface area contributed by atoms with Crippen LogP contribution in [0, 0.1) is 17.6 Å². The maximum atomic E-state index is 15.1. The van der Waals surface area contributed by atoms with Crippen molar-refractivity contribution in [3.05, 3.63) is 63.2 Å². The lowest BCUT2D eigenvalue weighted by Crippen LogP contribution is -2.38. The van der Waals surface area contributed by atoms with Crippen molar-refractivity contribution in [2.45, 2.75) is 127 Å². The maximum absolute atomic E-state index is 15.1. The summed E-state index contributed by atoms with van der Waals surface area (Å²) in [7, 11) is 0. The van der Waals surface area contributed by atoms with Crippen molar-refractivity contribution in [1.82, 2.24) is 4.90 Å². The zero-order chi connectivity index (χ0) is 32.1. The Labute approximate surface area is 279 Å². The van der Waals surface area contributed by atoms with E-state index >= 15 is 8.78 Å². The van der Waals surface area contributed by atoms with E-state index in [-0.39, 0.29) is 35.8 Å². The van der Waals surface area contributed by atoms with Crippen LogP contribution in [0.2, 0.25) is 5.02 Å². The predicted octanol–water partition coefficient (Wildman–Crippen LogP) is 11.0. The lowest BCUT2D eigenvalue weighted by molar-refractivity contribution is -0.137. The van der Waals surface area contributed by atoms with E-state index in [1.807, 2.05) is 0 Å². The molecule has 5 rings (SSSR count). The molecule has 11 heteroatoms. The Kier molecular flexibility index (Phi) is 13.0. The molecule has 0 amide bonds. The van der Waals surface area contributed by atoms with E-state index in [1.165, 1.54) is 31.4 Å². The highest BCUT2D eigenvalue weighted by Crippen LogP contribution is 2.44. The summed E-state index contributed by atoms with van der Waals surface area (Å²) in [6.07, 6.45) is 9.36. The number of ether oxygens (including phenoxy) is 1. The van der Waals surface area contributed by atoms with E-state index in [9.17, 15) is 23.1 Å². The number of nitrogens with zero attached hydrogens (tertiary/aromatic N) is 1. The van der Waals surface area contributed by atoms with Crippen molar-refractivity contribution < 1.29 is 36.6 Å². The van der Waals surface area contributed by atoms with Gasteiger partial charge in [0.15, 0.2) is 11.6 Å². The molecule has 256 valence electrons. The highest BCUT2D eigenvalue weighted by Gasteiger charge is 2.36. The third-order valence-electron chi connectivity index (χ3n) is 9.83. The monoisotopic (exact) mass is 691 g/mol. The molecule has 0 unspecified atom stereocenters. The first kappa shape index (κ1) is 36.7. The maximum Gasteiger partial charge on any atom is 0.416 e. The summed E-state index contributed by atoms with van der Waals surface area (Å²) in [6.45, 7) is 1.19. The third-order valence-corrected chi connectivity index (χ3v) is 10.1. The summed E-state index contributed by atoms with van der Waals surface area (Å²) in [5.41, 5.74) is 0.294. The number of halogens is 7. The molecule has 2 saturated carbocycles. The third kappa shape index (κ3) is 9.72. The van der Waals surface area contributed by atoms with Gasteiger partial charge in [0.2, 0.25) is 0 Å². The second-order valence-corrected chi connectivity index (χ2v) is 13.7. The minimum absolute atomic E-state index is 0. The Morgan fingerprint density at radius 3 is 2.22 bits per heavy atom. The van der Waals surface area contributed by atoms with Crippen molar-refractivity contribution in [1.29, 1.82) is 0 Å². The van der Waals surface area contributed by atoms with Crippen molar-refractivity contribution >= 4 is 30.0 Å². The Morgan fingerprint density at radius 1 is 0.891 bits per heavy atom. The molecule has 2 bridgehead atoms. The SMILES string of the molecule is Cl.O=C(O)c1cc(C2CC2)c(CN2CCCCCCCCCC[C@H]3CC[C@@H]2C[C@H](Oc2cc(C(F)(F)F)cc(Cl)c2F)C3)cc1F. The van der Waals surface area contributed by atoms with Gasteiger partial charge in [0, 0.05) is 12.6 Å². The van der Waals surface area contributed by atoms with Crippen LogP contribution in [0.15, 0.2) is 24.3 Å². The molecule has 0 radical (unpaired) electrons. The summed E-state index contributed by atoms with van der Waals surface area (Å²) < 4.78 is 76.9. The van der Waals surface area contributed by atoms with Gasteiger partial charge in [0.05, 0.1) is 16.1 Å². The van der Waals surface area contributed by atoms with Crippen LogP contribution in [0.1, 0.15) is 129 Å². The van der Waals surface area contributed by atoms with Gasteiger partial charge >= 0.3 is 12.1 Å². The Balaban J connectivity index is 0.00000480. The van der Waals surface area contributed by atoms with Crippen LogP contribution < -0.4 is 4.74 Å². The largest absolute Gasteiger partial charge is 0.487 e. The van der Waals surface area contributed by atoms with Gasteiger partial charge in [-0.3, -0.25) is 4.90 Å². The zero-order valence-corrected chi connectivity index (χ0v) is 27.6. The van der Waals surface area contributed by atoms with Crippen molar-refractivity contribution in [3.63, 3.8) is 0 Å². The lowest BCUT2D eigenvalue weighted by Gasteiger charge is -2.34. The fourth-order valence-electron chi connectivity index (χ4n) is 7.24. The van der Waals surface area contributed by atoms with Crippen LogP contribution in [-0.2, 0) is 12.7 Å². The first-order valence-corrected chi connectivity index (χ1v) is 16.9. The number of alkyl halides is 3. The van der Waals surface area contributed by atoms with Gasteiger partial charge in [-0.25, -0.2) is 13.6 Å². The fourth-order valence-corrected chi connectivity index (χ4v) is 7.45. The fraction of sp³-hybridized carbons (Fsp3) is 0.629. The molecule has 1 N–H and O–H groups in total. The average Bonchev–Trinajstić information content (AvgIpc) is 3.83. The molecule has 4 nitrogen and oxygen atoms in total. The average molecular weight is 693 g/mol. The molecule has 0 aromatic heterocycles. The number of benzene rings is 2. The number of rotatable bonds is 6. The lowest BCUT2D eigenvalue weighted by atomic mass is 9.92. The van der Waals surface area contributed by atoms with E-state index in [0.29, 0.717) is 31.5 Å². The molecule has 3 aliphatic rings. The molecule has 2 aromatic carbocycles. The van der Waals surface area contributed by atoms with Crippen molar-refractivity contribution in [2.75, 3.05) is 6.54 Å². The van der Waals surface area contributed by atoms with Gasteiger partial charge in [-0.15, -0.1) is 12.4 Å². The number of hydrogen-bond acceptors (Lipinski definition) is 3. The van der Waals surface area contributed by atoms with Crippen LogP contribution in [0.3, 0.4) is 0 Å². The Bertz CT molecular complexity index is 1340. The first-order chi connectivity index (χ1) is 21.5. The second-order valence-electron chi connectivity index (χ2n) is 13.3. The minimum atomic E-state index is -4.70. The molecule has 3 atom stereocenters. The van der Waals surface area contributed by atoms with E-state index in [2.05, 4.69) is 4.90 Å². The number of fused-ring (bicyclic) bond motifs is 3. The van der Waals surface area contributed by atoms with Crippen molar-refractivity contribution in [2.24, 2.45) is 5.92 Å². The van der Waals surface area contributed by atoms with E-state index < -0.39 is 46.2 Å². The molecule has 2 aromatic rings. The van der Waals surface area contributed by atoms with Gasteiger partial charge in [-0.1, -0.05) is 63.0 Å². The number of hydrogen-bond donors (Lipinski definition) is 1. The minimum Gasteiger partial charge on any atom is -0.487 e. The van der Waals surface area contributed by atoms with E-state index in [1.54, 1.807) is 0 Å². The predicted molar refractivity (Wildman–Crippen MR) is 171 cm³/mol. The molecule has 1 aliphatic heterocycles. The molecule has 0 spiro atoms. The van der Waals surface area contributed by atoms with E-state index in [0.717, 1.165) is 81.9 Å². The number of carboxylic acid groups (broad SMARTS) is 1. The van der Waals surface area contributed by atoms with Gasteiger partial charge < -0.3 is 9.84 Å². The molecule has 2 aliphatic carbocycles. The van der Waals surface area contributed by atoms with Gasteiger partial charge in [0.1, 0.15) is 11.9 Å².